The van der Waals surface area contributed by atoms with Gasteiger partial charge in [-0.05, 0) is 30.7 Å². The molecule has 2 N–H and O–H groups in total. The monoisotopic (exact) mass is 269 g/mol. The van der Waals surface area contributed by atoms with Crippen LogP contribution in [0.4, 0.5) is 0 Å². The van der Waals surface area contributed by atoms with E-state index in [0.29, 0.717) is 0 Å². The lowest BCUT2D eigenvalue weighted by atomic mass is 10.2. The minimum atomic E-state index is 0.0135. The molecule has 1 aromatic carbocycles. The van der Waals surface area contributed by atoms with Crippen molar-refractivity contribution in [2.24, 2.45) is 0 Å². The average molecular weight is 269 g/mol. The van der Waals surface area contributed by atoms with E-state index < -0.39 is 0 Å². The van der Waals surface area contributed by atoms with Crippen LogP contribution in [0.2, 0.25) is 0 Å². The Labute approximate surface area is 118 Å². The molecule has 0 spiro atoms. The largest absolute Gasteiger partial charge is 0.347 e. The number of nitrogens with zero attached hydrogens (tertiary/aromatic N) is 1. The van der Waals surface area contributed by atoms with E-state index in [9.17, 15) is 4.79 Å². The van der Waals surface area contributed by atoms with E-state index in [1.54, 1.807) is 0 Å². The van der Waals surface area contributed by atoms with Crippen LogP contribution in [0.25, 0.3) is 0 Å². The molecule has 1 atom stereocenters. The maximum atomic E-state index is 12.3. The van der Waals surface area contributed by atoms with Gasteiger partial charge in [0.15, 0.2) is 0 Å². The molecule has 3 rings (SSSR count). The quantitative estimate of drug-likeness (QED) is 0.886. The van der Waals surface area contributed by atoms with Crippen LogP contribution in [0.5, 0.6) is 0 Å². The fraction of sp³-hybridized carbons (Fsp3) is 0.312. The summed E-state index contributed by atoms with van der Waals surface area (Å²) in [6.07, 6.45) is 2.96. The predicted molar refractivity (Wildman–Crippen MR) is 78.7 cm³/mol. The van der Waals surface area contributed by atoms with Crippen LogP contribution in [0.15, 0.2) is 48.7 Å². The second-order valence-corrected chi connectivity index (χ2v) is 5.17. The predicted octanol–water partition coefficient (Wildman–Crippen LogP) is 1.63. The van der Waals surface area contributed by atoms with Crippen LogP contribution in [0.3, 0.4) is 0 Å². The van der Waals surface area contributed by atoms with Gasteiger partial charge >= 0.3 is 0 Å². The van der Waals surface area contributed by atoms with E-state index in [1.165, 1.54) is 5.56 Å². The minimum absolute atomic E-state index is 0.0135. The molecule has 1 aromatic heterocycles. The Morgan fingerprint density at radius 3 is 2.85 bits per heavy atom. The van der Waals surface area contributed by atoms with Gasteiger partial charge in [-0.15, -0.1) is 0 Å². The van der Waals surface area contributed by atoms with E-state index in [2.05, 4.69) is 22.8 Å². The number of rotatable bonds is 4. The molecule has 4 heteroatoms. The van der Waals surface area contributed by atoms with Crippen molar-refractivity contribution in [1.29, 1.82) is 0 Å². The summed E-state index contributed by atoms with van der Waals surface area (Å²) < 4.78 is 1.99. The molecule has 1 fully saturated rings. The number of amides is 1. The number of aromatic nitrogens is 1. The molecule has 0 saturated carbocycles. The number of carbonyl (C=O) groups excluding carboxylic acids is 1. The highest BCUT2D eigenvalue weighted by Crippen LogP contribution is 2.09. The third-order valence-corrected chi connectivity index (χ3v) is 3.65. The number of hydrogen-bond acceptors (Lipinski definition) is 2. The standard InChI is InChI=1S/C16H19N3O/c20-16(18-14-8-9-17-11-14)15-7-4-10-19(15)12-13-5-2-1-3-6-13/h1-7,10,14,17H,8-9,11-12H2,(H,18,20)/t14-/m0/s1. The second kappa shape index (κ2) is 5.92. The maximum absolute atomic E-state index is 12.3. The van der Waals surface area contributed by atoms with Crippen LogP contribution in [-0.2, 0) is 6.54 Å². The lowest BCUT2D eigenvalue weighted by molar-refractivity contribution is 0.0931. The smallest absolute Gasteiger partial charge is 0.268 e. The average Bonchev–Trinajstić information content (AvgIpc) is 3.11. The van der Waals surface area contributed by atoms with Crippen LogP contribution >= 0.6 is 0 Å². The van der Waals surface area contributed by atoms with Gasteiger partial charge in [0.2, 0.25) is 0 Å². The third-order valence-electron chi connectivity index (χ3n) is 3.65. The molecule has 0 unspecified atom stereocenters. The highest BCUT2D eigenvalue weighted by atomic mass is 16.2. The molecule has 0 aliphatic carbocycles. The summed E-state index contributed by atoms with van der Waals surface area (Å²) in [5, 5.41) is 6.34. The van der Waals surface area contributed by atoms with Gasteiger partial charge in [0.05, 0.1) is 0 Å². The zero-order chi connectivity index (χ0) is 13.8. The topological polar surface area (TPSA) is 46.1 Å². The molecule has 4 nitrogen and oxygen atoms in total. The molecule has 2 aromatic rings. The Bertz CT molecular complexity index is 570. The van der Waals surface area contributed by atoms with Crippen LogP contribution < -0.4 is 10.6 Å². The van der Waals surface area contributed by atoms with Gasteiger partial charge in [-0.25, -0.2) is 0 Å². The van der Waals surface area contributed by atoms with Gasteiger partial charge in [0, 0.05) is 25.3 Å². The highest BCUT2D eigenvalue weighted by Gasteiger charge is 2.19. The lowest BCUT2D eigenvalue weighted by Crippen LogP contribution is -2.37. The van der Waals surface area contributed by atoms with E-state index in [0.717, 1.165) is 31.7 Å². The summed E-state index contributed by atoms with van der Waals surface area (Å²) in [6, 6.07) is 14.2. The molecular weight excluding hydrogens is 250 g/mol. The van der Waals surface area contributed by atoms with E-state index in [4.69, 9.17) is 0 Å². The first-order chi connectivity index (χ1) is 9.83. The number of carbonyl (C=O) groups is 1. The van der Waals surface area contributed by atoms with E-state index >= 15 is 0 Å². The van der Waals surface area contributed by atoms with Crippen LogP contribution in [0, 0.1) is 0 Å². The first kappa shape index (κ1) is 12.9. The van der Waals surface area contributed by atoms with Crippen molar-refractivity contribution in [1.82, 2.24) is 15.2 Å². The number of hydrogen-bond donors (Lipinski definition) is 2. The fourth-order valence-electron chi connectivity index (χ4n) is 2.58. The third kappa shape index (κ3) is 2.91. The summed E-state index contributed by atoms with van der Waals surface area (Å²) in [5.41, 5.74) is 1.92. The number of nitrogens with one attached hydrogen (secondary N) is 2. The molecule has 1 aliphatic heterocycles. The minimum Gasteiger partial charge on any atom is -0.347 e. The first-order valence-corrected chi connectivity index (χ1v) is 7.03. The molecule has 0 bridgehead atoms. The van der Waals surface area contributed by atoms with Gasteiger partial charge in [-0.2, -0.15) is 0 Å². The zero-order valence-electron chi connectivity index (χ0n) is 11.4. The molecule has 0 radical (unpaired) electrons. The summed E-state index contributed by atoms with van der Waals surface area (Å²) in [7, 11) is 0. The van der Waals surface area contributed by atoms with E-state index in [-0.39, 0.29) is 11.9 Å². The lowest BCUT2D eigenvalue weighted by Gasteiger charge is -2.13. The zero-order valence-corrected chi connectivity index (χ0v) is 11.4. The Balaban J connectivity index is 1.71. The van der Waals surface area contributed by atoms with Crippen LogP contribution in [0.1, 0.15) is 22.5 Å². The fourth-order valence-corrected chi connectivity index (χ4v) is 2.58. The van der Waals surface area contributed by atoms with Gasteiger partial charge in [0.1, 0.15) is 5.69 Å². The van der Waals surface area contributed by atoms with Gasteiger partial charge in [0.25, 0.3) is 5.91 Å². The van der Waals surface area contributed by atoms with Crippen molar-refractivity contribution in [2.45, 2.75) is 19.0 Å². The Hall–Kier alpha value is -2.07. The Kier molecular flexibility index (Phi) is 3.83. The van der Waals surface area contributed by atoms with E-state index in [1.807, 2.05) is 41.1 Å². The molecule has 20 heavy (non-hydrogen) atoms. The second-order valence-electron chi connectivity index (χ2n) is 5.17. The number of benzene rings is 1. The first-order valence-electron chi connectivity index (χ1n) is 7.03. The molecule has 1 amide bonds. The molecule has 1 saturated heterocycles. The van der Waals surface area contributed by atoms with Crippen molar-refractivity contribution in [2.75, 3.05) is 13.1 Å². The Morgan fingerprint density at radius 1 is 1.25 bits per heavy atom. The highest BCUT2D eigenvalue weighted by molar-refractivity contribution is 5.93. The maximum Gasteiger partial charge on any atom is 0.268 e. The molecule has 104 valence electrons. The van der Waals surface area contributed by atoms with Crippen molar-refractivity contribution >= 4 is 5.91 Å². The molecule has 2 heterocycles. The molecule has 1 aliphatic rings. The Morgan fingerprint density at radius 2 is 2.10 bits per heavy atom. The van der Waals surface area contributed by atoms with Crippen molar-refractivity contribution in [3.63, 3.8) is 0 Å². The molecular formula is C16H19N3O. The van der Waals surface area contributed by atoms with Crippen molar-refractivity contribution < 1.29 is 4.79 Å². The summed E-state index contributed by atoms with van der Waals surface area (Å²) in [6.45, 7) is 2.57. The van der Waals surface area contributed by atoms with Crippen LogP contribution in [-0.4, -0.2) is 29.6 Å². The summed E-state index contributed by atoms with van der Waals surface area (Å²) >= 11 is 0. The van der Waals surface area contributed by atoms with Gasteiger partial charge < -0.3 is 15.2 Å². The van der Waals surface area contributed by atoms with Crippen molar-refractivity contribution in [3.05, 3.63) is 59.9 Å². The normalized spacial score (nSPS) is 18.1. The summed E-state index contributed by atoms with van der Waals surface area (Å²) in [5.74, 6) is 0.0135. The summed E-state index contributed by atoms with van der Waals surface area (Å²) in [4.78, 5) is 12.3. The van der Waals surface area contributed by atoms with Gasteiger partial charge in [-0.1, -0.05) is 30.3 Å². The van der Waals surface area contributed by atoms with Crippen molar-refractivity contribution in [3.8, 4) is 0 Å². The van der Waals surface area contributed by atoms with Gasteiger partial charge in [-0.3, -0.25) is 4.79 Å². The SMILES string of the molecule is O=C(N[C@H]1CCNC1)c1cccn1Cc1ccccc1.